The molecule has 0 saturated heterocycles. The number of amides is 1. The maximum atomic E-state index is 11.9. The summed E-state index contributed by atoms with van der Waals surface area (Å²) in [4.78, 5) is 11.9. The summed E-state index contributed by atoms with van der Waals surface area (Å²) in [5.74, 6) is 0.617. The molecule has 0 unspecified atom stereocenters. The first-order valence-electron chi connectivity index (χ1n) is 6.68. The van der Waals surface area contributed by atoms with Crippen molar-refractivity contribution in [2.75, 3.05) is 20.1 Å². The summed E-state index contributed by atoms with van der Waals surface area (Å²) < 4.78 is 0. The van der Waals surface area contributed by atoms with Crippen molar-refractivity contribution in [1.82, 2.24) is 10.6 Å². The zero-order chi connectivity index (χ0) is 11.4. The molecule has 3 heteroatoms. The molecule has 0 aliphatic heterocycles. The third-order valence-electron chi connectivity index (χ3n) is 4.33. The molecule has 3 nitrogen and oxygen atoms in total. The fraction of sp³-hybridized carbons (Fsp3) is 0.923. The fourth-order valence-corrected chi connectivity index (χ4v) is 3.07. The topological polar surface area (TPSA) is 41.1 Å². The van der Waals surface area contributed by atoms with Gasteiger partial charge in [0, 0.05) is 24.4 Å². The third kappa shape index (κ3) is 2.57. The summed E-state index contributed by atoms with van der Waals surface area (Å²) in [5, 5.41) is 6.43. The smallest absolute Gasteiger partial charge is 0.223 e. The van der Waals surface area contributed by atoms with Crippen molar-refractivity contribution >= 4 is 5.91 Å². The van der Waals surface area contributed by atoms with Crippen molar-refractivity contribution in [3.63, 3.8) is 0 Å². The zero-order valence-corrected chi connectivity index (χ0v) is 10.3. The lowest BCUT2D eigenvalue weighted by atomic mass is 9.68. The van der Waals surface area contributed by atoms with Crippen LogP contribution >= 0.6 is 0 Å². The minimum Gasteiger partial charge on any atom is -0.355 e. The molecule has 0 spiro atoms. The second-order valence-electron chi connectivity index (χ2n) is 5.58. The molecular weight excluding hydrogens is 200 g/mol. The summed E-state index contributed by atoms with van der Waals surface area (Å²) in [6.07, 6.45) is 8.52. The predicted octanol–water partition coefficient (Wildman–Crippen LogP) is 1.68. The Kier molecular flexibility index (Phi) is 3.85. The minimum atomic E-state index is 0.305. The van der Waals surface area contributed by atoms with Crippen LogP contribution in [0.4, 0.5) is 0 Å². The molecule has 2 N–H and O–H groups in total. The highest BCUT2D eigenvalue weighted by molar-refractivity contribution is 5.78. The Morgan fingerprint density at radius 1 is 1.19 bits per heavy atom. The second kappa shape index (κ2) is 5.17. The van der Waals surface area contributed by atoms with E-state index in [2.05, 4.69) is 10.6 Å². The molecule has 0 atom stereocenters. The van der Waals surface area contributed by atoms with Gasteiger partial charge in [-0.05, 0) is 32.7 Å². The number of hydrogen-bond acceptors (Lipinski definition) is 2. The molecule has 2 aliphatic carbocycles. The summed E-state index contributed by atoms with van der Waals surface area (Å²) in [6, 6.07) is 0. The van der Waals surface area contributed by atoms with Crippen LogP contribution in [0.25, 0.3) is 0 Å². The number of rotatable bonds is 5. The molecule has 0 aromatic carbocycles. The zero-order valence-electron chi connectivity index (χ0n) is 10.3. The number of hydrogen-bond donors (Lipinski definition) is 2. The van der Waals surface area contributed by atoms with Gasteiger partial charge in [-0.1, -0.05) is 19.3 Å². The average Bonchev–Trinajstić information content (AvgIpc) is 2.74. The molecule has 0 aromatic heterocycles. The first kappa shape index (κ1) is 11.9. The SMILES string of the molecule is CNCC1(CNC(=O)C2CCCC2)CCC1. The Morgan fingerprint density at radius 3 is 2.38 bits per heavy atom. The lowest BCUT2D eigenvalue weighted by Crippen LogP contribution is -2.48. The van der Waals surface area contributed by atoms with Gasteiger partial charge >= 0.3 is 0 Å². The molecule has 2 rings (SSSR count). The van der Waals surface area contributed by atoms with Gasteiger partial charge in [0.1, 0.15) is 0 Å². The molecule has 0 bridgehead atoms. The van der Waals surface area contributed by atoms with Crippen molar-refractivity contribution in [3.8, 4) is 0 Å². The van der Waals surface area contributed by atoms with Crippen LogP contribution in [0.2, 0.25) is 0 Å². The Bertz CT molecular complexity index is 242. The van der Waals surface area contributed by atoms with Crippen molar-refractivity contribution in [3.05, 3.63) is 0 Å². The van der Waals surface area contributed by atoms with E-state index in [1.807, 2.05) is 7.05 Å². The molecule has 0 radical (unpaired) electrons. The van der Waals surface area contributed by atoms with Gasteiger partial charge < -0.3 is 10.6 Å². The Labute approximate surface area is 98.4 Å². The summed E-state index contributed by atoms with van der Waals surface area (Å²) >= 11 is 0. The Morgan fingerprint density at radius 2 is 1.88 bits per heavy atom. The van der Waals surface area contributed by atoms with E-state index in [-0.39, 0.29) is 0 Å². The highest BCUT2D eigenvalue weighted by atomic mass is 16.1. The predicted molar refractivity (Wildman–Crippen MR) is 65.2 cm³/mol. The van der Waals surface area contributed by atoms with Crippen LogP contribution in [0, 0.1) is 11.3 Å². The molecule has 0 heterocycles. The van der Waals surface area contributed by atoms with Crippen molar-refractivity contribution in [2.45, 2.75) is 44.9 Å². The number of nitrogens with one attached hydrogen (secondary N) is 2. The van der Waals surface area contributed by atoms with E-state index >= 15 is 0 Å². The van der Waals surface area contributed by atoms with E-state index in [1.165, 1.54) is 32.1 Å². The lowest BCUT2D eigenvalue weighted by Gasteiger charge is -2.42. The van der Waals surface area contributed by atoms with Crippen molar-refractivity contribution in [1.29, 1.82) is 0 Å². The summed E-state index contributed by atoms with van der Waals surface area (Å²) in [6.45, 7) is 1.92. The van der Waals surface area contributed by atoms with Crippen LogP contribution in [-0.4, -0.2) is 26.0 Å². The quantitative estimate of drug-likeness (QED) is 0.746. The molecule has 2 fully saturated rings. The average molecular weight is 224 g/mol. The second-order valence-corrected chi connectivity index (χ2v) is 5.58. The van der Waals surface area contributed by atoms with Gasteiger partial charge in [0.25, 0.3) is 0 Å². The van der Waals surface area contributed by atoms with E-state index in [0.29, 0.717) is 17.2 Å². The van der Waals surface area contributed by atoms with Crippen molar-refractivity contribution in [2.24, 2.45) is 11.3 Å². The molecule has 92 valence electrons. The molecule has 16 heavy (non-hydrogen) atoms. The molecular formula is C13H24N2O. The summed E-state index contributed by atoms with van der Waals surface area (Å²) in [5.41, 5.74) is 0.364. The standard InChI is InChI=1S/C13H24N2O/c1-14-9-13(7-4-8-13)10-15-12(16)11-5-2-3-6-11/h11,14H,2-10H2,1H3,(H,15,16). The maximum Gasteiger partial charge on any atom is 0.223 e. The first-order valence-corrected chi connectivity index (χ1v) is 6.68. The van der Waals surface area contributed by atoms with E-state index in [9.17, 15) is 4.79 Å². The van der Waals surface area contributed by atoms with E-state index in [4.69, 9.17) is 0 Å². The summed E-state index contributed by atoms with van der Waals surface area (Å²) in [7, 11) is 2.00. The van der Waals surface area contributed by atoms with Crippen LogP contribution in [0.5, 0.6) is 0 Å². The first-order chi connectivity index (χ1) is 7.76. The molecule has 0 aromatic rings. The largest absolute Gasteiger partial charge is 0.355 e. The monoisotopic (exact) mass is 224 g/mol. The minimum absolute atomic E-state index is 0.305. The van der Waals surface area contributed by atoms with Gasteiger partial charge in [0.15, 0.2) is 0 Å². The number of carbonyl (C=O) groups is 1. The van der Waals surface area contributed by atoms with Gasteiger partial charge in [-0.3, -0.25) is 4.79 Å². The van der Waals surface area contributed by atoms with Crippen molar-refractivity contribution < 1.29 is 4.79 Å². The van der Waals surface area contributed by atoms with Gasteiger partial charge in [0.2, 0.25) is 5.91 Å². The van der Waals surface area contributed by atoms with Gasteiger partial charge in [-0.25, -0.2) is 0 Å². The lowest BCUT2D eigenvalue weighted by molar-refractivity contribution is -0.125. The van der Waals surface area contributed by atoms with E-state index < -0.39 is 0 Å². The maximum absolute atomic E-state index is 11.9. The highest BCUT2D eigenvalue weighted by Crippen LogP contribution is 2.39. The van der Waals surface area contributed by atoms with E-state index in [1.54, 1.807) is 0 Å². The van der Waals surface area contributed by atoms with Crippen LogP contribution in [-0.2, 0) is 4.79 Å². The third-order valence-corrected chi connectivity index (χ3v) is 4.33. The van der Waals surface area contributed by atoms with Crippen LogP contribution in [0.15, 0.2) is 0 Å². The number of carbonyl (C=O) groups excluding carboxylic acids is 1. The van der Waals surface area contributed by atoms with Crippen LogP contribution < -0.4 is 10.6 Å². The Hall–Kier alpha value is -0.570. The molecule has 2 saturated carbocycles. The molecule has 2 aliphatic rings. The van der Waals surface area contributed by atoms with Gasteiger partial charge in [-0.15, -0.1) is 0 Å². The van der Waals surface area contributed by atoms with Gasteiger partial charge in [0.05, 0.1) is 0 Å². The fourth-order valence-electron chi connectivity index (χ4n) is 3.07. The van der Waals surface area contributed by atoms with E-state index in [0.717, 1.165) is 25.9 Å². The van der Waals surface area contributed by atoms with Gasteiger partial charge in [-0.2, -0.15) is 0 Å². The van der Waals surface area contributed by atoms with Crippen LogP contribution in [0.1, 0.15) is 44.9 Å². The normalized spacial score (nSPS) is 24.1. The van der Waals surface area contributed by atoms with Crippen LogP contribution in [0.3, 0.4) is 0 Å². The molecule has 1 amide bonds. The Balaban J connectivity index is 1.74. The highest BCUT2D eigenvalue weighted by Gasteiger charge is 2.37.